The molecule has 5 rings (SSSR count). The maximum atomic E-state index is 13.1. The number of hydrogen-bond donors (Lipinski definition) is 1. The van der Waals surface area contributed by atoms with Gasteiger partial charge in [0.2, 0.25) is 5.91 Å². The second kappa shape index (κ2) is 9.07. The quantitative estimate of drug-likeness (QED) is 0.443. The summed E-state index contributed by atoms with van der Waals surface area (Å²) in [6, 6.07) is 19.7. The van der Waals surface area contributed by atoms with E-state index in [0.717, 1.165) is 22.0 Å². The first kappa shape index (κ1) is 21.8. The maximum Gasteiger partial charge on any atom is 0.268 e. The van der Waals surface area contributed by atoms with Gasteiger partial charge in [-0.15, -0.1) is 11.3 Å². The lowest BCUT2D eigenvalue weighted by Crippen LogP contribution is -2.52. The molecule has 0 bridgehead atoms. The molecule has 2 atom stereocenters. The molecule has 2 amide bonds. The standard InChI is InChI=1S/C26H22N4O3S/c1-16(24(31)28-19-8-4-3-5-9-19)30-22-14-18(11-12-23(22)33-17(2)26(30)32)21-15-34-25(29-21)20-10-6-7-13-27-20/h3-17H,1-2H3,(H,28,31). The highest BCUT2D eigenvalue weighted by Gasteiger charge is 2.37. The van der Waals surface area contributed by atoms with Crippen LogP contribution in [0.5, 0.6) is 5.75 Å². The fraction of sp³-hybridized carbons (Fsp3) is 0.154. The van der Waals surface area contributed by atoms with Crippen molar-refractivity contribution in [2.45, 2.75) is 26.0 Å². The number of fused-ring (bicyclic) bond motifs is 1. The van der Waals surface area contributed by atoms with E-state index in [1.165, 1.54) is 16.2 Å². The van der Waals surface area contributed by atoms with Crippen LogP contribution in [-0.2, 0) is 9.59 Å². The average molecular weight is 471 g/mol. The summed E-state index contributed by atoms with van der Waals surface area (Å²) in [5.74, 6) is -0.000645. The van der Waals surface area contributed by atoms with Crippen LogP contribution in [0.2, 0.25) is 0 Å². The van der Waals surface area contributed by atoms with Crippen molar-refractivity contribution >= 4 is 34.5 Å². The molecule has 1 aliphatic heterocycles. The molecule has 170 valence electrons. The first-order valence-corrected chi connectivity index (χ1v) is 11.8. The molecule has 8 heteroatoms. The number of carbonyl (C=O) groups excluding carboxylic acids is 2. The van der Waals surface area contributed by atoms with Crippen LogP contribution in [0.1, 0.15) is 13.8 Å². The van der Waals surface area contributed by atoms with Crippen molar-refractivity contribution < 1.29 is 14.3 Å². The molecule has 0 aliphatic carbocycles. The van der Waals surface area contributed by atoms with Gasteiger partial charge in [-0.05, 0) is 56.3 Å². The van der Waals surface area contributed by atoms with Crippen LogP contribution in [0.3, 0.4) is 0 Å². The number of nitrogens with one attached hydrogen (secondary N) is 1. The summed E-state index contributed by atoms with van der Waals surface area (Å²) in [7, 11) is 0. The average Bonchev–Trinajstić information content (AvgIpc) is 3.36. The van der Waals surface area contributed by atoms with Crippen molar-refractivity contribution in [2.24, 2.45) is 0 Å². The van der Waals surface area contributed by atoms with E-state index in [1.807, 2.05) is 72.1 Å². The fourth-order valence-corrected chi connectivity index (χ4v) is 4.62. The second-order valence-electron chi connectivity index (χ2n) is 7.93. The van der Waals surface area contributed by atoms with Gasteiger partial charge in [0, 0.05) is 22.8 Å². The molecule has 34 heavy (non-hydrogen) atoms. The molecule has 1 aliphatic rings. The Labute approximate surface area is 201 Å². The van der Waals surface area contributed by atoms with Crippen LogP contribution >= 0.6 is 11.3 Å². The van der Waals surface area contributed by atoms with Gasteiger partial charge in [0.1, 0.15) is 16.8 Å². The third kappa shape index (κ3) is 4.15. The molecule has 2 aromatic heterocycles. The predicted molar refractivity (Wildman–Crippen MR) is 133 cm³/mol. The minimum Gasteiger partial charge on any atom is -0.479 e. The summed E-state index contributed by atoms with van der Waals surface area (Å²) in [5, 5.41) is 5.64. The molecule has 0 spiro atoms. The van der Waals surface area contributed by atoms with Crippen molar-refractivity contribution in [3.05, 3.63) is 78.3 Å². The van der Waals surface area contributed by atoms with E-state index in [4.69, 9.17) is 9.72 Å². The normalized spacial score (nSPS) is 15.9. The molecule has 0 radical (unpaired) electrons. The number of thiazole rings is 1. The summed E-state index contributed by atoms with van der Waals surface area (Å²) in [4.78, 5) is 36.8. The lowest BCUT2D eigenvalue weighted by Gasteiger charge is -2.36. The van der Waals surface area contributed by atoms with E-state index in [1.54, 1.807) is 20.0 Å². The Morgan fingerprint density at radius 2 is 1.88 bits per heavy atom. The minimum atomic E-state index is -0.743. The molecular formula is C26H22N4O3S. The van der Waals surface area contributed by atoms with Gasteiger partial charge in [-0.3, -0.25) is 19.5 Å². The van der Waals surface area contributed by atoms with E-state index in [-0.39, 0.29) is 11.8 Å². The Hall–Kier alpha value is -4.04. The molecule has 4 aromatic rings. The van der Waals surface area contributed by atoms with Gasteiger partial charge >= 0.3 is 0 Å². The Morgan fingerprint density at radius 3 is 2.65 bits per heavy atom. The fourth-order valence-electron chi connectivity index (χ4n) is 3.82. The third-order valence-corrected chi connectivity index (χ3v) is 6.46. The third-order valence-electron chi connectivity index (χ3n) is 5.60. The van der Waals surface area contributed by atoms with E-state index in [0.29, 0.717) is 17.1 Å². The molecular weight excluding hydrogens is 448 g/mol. The number of pyridine rings is 1. The smallest absolute Gasteiger partial charge is 0.268 e. The molecule has 2 aromatic carbocycles. The van der Waals surface area contributed by atoms with Gasteiger partial charge in [-0.1, -0.05) is 24.3 Å². The topological polar surface area (TPSA) is 84.4 Å². The zero-order valence-electron chi connectivity index (χ0n) is 18.6. The highest BCUT2D eigenvalue weighted by molar-refractivity contribution is 7.13. The highest BCUT2D eigenvalue weighted by Crippen LogP contribution is 2.39. The van der Waals surface area contributed by atoms with Gasteiger partial charge in [-0.25, -0.2) is 4.98 Å². The Balaban J connectivity index is 1.47. The van der Waals surface area contributed by atoms with Crippen molar-refractivity contribution in [3.8, 4) is 27.7 Å². The van der Waals surface area contributed by atoms with Crippen molar-refractivity contribution in [3.63, 3.8) is 0 Å². The van der Waals surface area contributed by atoms with Gasteiger partial charge in [0.15, 0.2) is 6.10 Å². The van der Waals surface area contributed by atoms with Crippen LogP contribution in [0.15, 0.2) is 78.3 Å². The largest absolute Gasteiger partial charge is 0.479 e. The number of anilines is 2. The molecule has 0 saturated heterocycles. The van der Waals surface area contributed by atoms with Crippen LogP contribution in [0.4, 0.5) is 11.4 Å². The molecule has 3 heterocycles. The summed E-state index contributed by atoms with van der Waals surface area (Å²) < 4.78 is 5.84. The summed E-state index contributed by atoms with van der Waals surface area (Å²) in [5.41, 5.74) is 3.61. The molecule has 2 unspecified atom stereocenters. The summed E-state index contributed by atoms with van der Waals surface area (Å²) in [6.07, 6.45) is 1.04. The number of aromatic nitrogens is 2. The number of amides is 2. The number of rotatable bonds is 5. The Kier molecular flexibility index (Phi) is 5.81. The first-order valence-electron chi connectivity index (χ1n) is 10.9. The summed E-state index contributed by atoms with van der Waals surface area (Å²) in [6.45, 7) is 3.40. The zero-order chi connectivity index (χ0) is 23.7. The number of benzene rings is 2. The zero-order valence-corrected chi connectivity index (χ0v) is 19.5. The van der Waals surface area contributed by atoms with Crippen molar-refractivity contribution in [2.75, 3.05) is 10.2 Å². The van der Waals surface area contributed by atoms with Crippen molar-refractivity contribution in [1.29, 1.82) is 0 Å². The highest BCUT2D eigenvalue weighted by atomic mass is 32.1. The van der Waals surface area contributed by atoms with Gasteiger partial charge < -0.3 is 10.1 Å². The number of carbonyl (C=O) groups is 2. The van der Waals surface area contributed by atoms with E-state index < -0.39 is 12.1 Å². The van der Waals surface area contributed by atoms with Crippen molar-refractivity contribution in [1.82, 2.24) is 9.97 Å². The monoisotopic (exact) mass is 470 g/mol. The van der Waals surface area contributed by atoms with Crippen LogP contribution in [0.25, 0.3) is 22.0 Å². The van der Waals surface area contributed by atoms with Crippen LogP contribution in [-0.4, -0.2) is 33.9 Å². The number of nitrogens with zero attached hydrogens (tertiary/aromatic N) is 3. The van der Waals surface area contributed by atoms with E-state index in [9.17, 15) is 9.59 Å². The Morgan fingerprint density at radius 1 is 1.09 bits per heavy atom. The Bertz CT molecular complexity index is 1340. The molecule has 1 N–H and O–H groups in total. The predicted octanol–water partition coefficient (Wildman–Crippen LogP) is 5.01. The van der Waals surface area contributed by atoms with Crippen LogP contribution in [0, 0.1) is 0 Å². The number of hydrogen-bond acceptors (Lipinski definition) is 6. The number of ether oxygens (including phenoxy) is 1. The van der Waals surface area contributed by atoms with E-state index >= 15 is 0 Å². The van der Waals surface area contributed by atoms with Gasteiger partial charge in [0.25, 0.3) is 5.91 Å². The summed E-state index contributed by atoms with van der Waals surface area (Å²) >= 11 is 1.50. The minimum absolute atomic E-state index is 0.271. The van der Waals surface area contributed by atoms with Gasteiger partial charge in [-0.2, -0.15) is 0 Å². The molecule has 7 nitrogen and oxygen atoms in total. The lowest BCUT2D eigenvalue weighted by atomic mass is 10.1. The maximum absolute atomic E-state index is 13.1. The number of para-hydroxylation sites is 1. The lowest BCUT2D eigenvalue weighted by molar-refractivity contribution is -0.128. The molecule has 0 saturated carbocycles. The second-order valence-corrected chi connectivity index (χ2v) is 8.79. The van der Waals surface area contributed by atoms with E-state index in [2.05, 4.69) is 10.3 Å². The SMILES string of the molecule is CC1Oc2ccc(-c3csc(-c4ccccn4)n3)cc2N(C(C)C(=O)Nc2ccccc2)C1=O. The first-order chi connectivity index (χ1) is 16.5. The van der Waals surface area contributed by atoms with Crippen LogP contribution < -0.4 is 15.0 Å². The van der Waals surface area contributed by atoms with Gasteiger partial charge in [0.05, 0.1) is 17.1 Å². The molecule has 0 fully saturated rings.